The van der Waals surface area contributed by atoms with Gasteiger partial charge in [-0.3, -0.25) is 4.90 Å². The minimum atomic E-state index is -1.10. The van der Waals surface area contributed by atoms with Gasteiger partial charge >= 0.3 is 11.9 Å². The first-order valence-electron chi connectivity index (χ1n) is 8.94. The van der Waals surface area contributed by atoms with Crippen LogP contribution in [0.2, 0.25) is 0 Å². The molecule has 1 fully saturated rings. The zero-order valence-electron chi connectivity index (χ0n) is 14.9. The van der Waals surface area contributed by atoms with E-state index in [-0.39, 0.29) is 17.1 Å². The predicted molar refractivity (Wildman–Crippen MR) is 92.1 cm³/mol. The number of hydrogen-bond donors (Lipinski definition) is 2. The molecule has 0 aromatic rings. The smallest absolute Gasteiger partial charge is 0.332 e. The summed E-state index contributed by atoms with van der Waals surface area (Å²) in [5, 5.41) is 18.8. The van der Waals surface area contributed by atoms with Crippen LogP contribution in [-0.4, -0.2) is 59.9 Å². The standard InChI is InChI=1S/C18H31NO5/c1-3-14(2)13-16(18(22)23)15(17(20)21)7-5-4-6-8-19-9-11-24-12-10-19/h14H,3-13H2,1-2H3,(H,20,21)(H,22,23). The van der Waals surface area contributed by atoms with Crippen LogP contribution in [0.3, 0.4) is 0 Å². The lowest BCUT2D eigenvalue weighted by Crippen LogP contribution is -2.36. The molecule has 24 heavy (non-hydrogen) atoms. The molecule has 0 radical (unpaired) electrons. The summed E-state index contributed by atoms with van der Waals surface area (Å²) in [7, 11) is 0. The largest absolute Gasteiger partial charge is 0.478 e. The normalized spacial score (nSPS) is 18.1. The van der Waals surface area contributed by atoms with Crippen molar-refractivity contribution in [3.8, 4) is 0 Å². The van der Waals surface area contributed by atoms with Gasteiger partial charge in [0, 0.05) is 24.2 Å². The van der Waals surface area contributed by atoms with Crippen molar-refractivity contribution in [1.29, 1.82) is 0 Å². The van der Waals surface area contributed by atoms with Crippen molar-refractivity contribution in [2.45, 2.75) is 52.4 Å². The number of nitrogens with zero attached hydrogens (tertiary/aromatic N) is 1. The summed E-state index contributed by atoms with van der Waals surface area (Å²) in [6, 6.07) is 0. The molecule has 0 amide bonds. The molecule has 0 aromatic heterocycles. The maximum absolute atomic E-state index is 11.5. The fraction of sp³-hybridized carbons (Fsp3) is 0.778. The number of carboxylic acids is 2. The van der Waals surface area contributed by atoms with E-state index in [4.69, 9.17) is 4.74 Å². The highest BCUT2D eigenvalue weighted by Crippen LogP contribution is 2.22. The quantitative estimate of drug-likeness (QED) is 0.444. The van der Waals surface area contributed by atoms with Crippen molar-refractivity contribution in [3.63, 3.8) is 0 Å². The molecule has 0 aliphatic carbocycles. The zero-order chi connectivity index (χ0) is 17.9. The SMILES string of the molecule is CCC(C)CC(C(=O)O)=C(CCCCCN1CCOCC1)C(=O)O. The van der Waals surface area contributed by atoms with Crippen LogP contribution in [0, 0.1) is 5.92 Å². The summed E-state index contributed by atoms with van der Waals surface area (Å²) < 4.78 is 5.31. The lowest BCUT2D eigenvalue weighted by molar-refractivity contribution is -0.136. The number of ether oxygens (including phenoxy) is 1. The van der Waals surface area contributed by atoms with Gasteiger partial charge in [-0.25, -0.2) is 9.59 Å². The Kier molecular flexibility index (Phi) is 9.64. The summed E-state index contributed by atoms with van der Waals surface area (Å²) in [6.07, 6.45) is 4.11. The molecule has 1 rings (SSSR count). The summed E-state index contributed by atoms with van der Waals surface area (Å²) in [4.78, 5) is 25.3. The molecule has 6 heteroatoms. The van der Waals surface area contributed by atoms with E-state index in [0.29, 0.717) is 19.3 Å². The number of carbonyl (C=O) groups is 2. The third kappa shape index (κ3) is 7.45. The third-order valence-electron chi connectivity index (χ3n) is 4.63. The highest BCUT2D eigenvalue weighted by atomic mass is 16.5. The highest BCUT2D eigenvalue weighted by Gasteiger charge is 2.21. The molecule has 138 valence electrons. The van der Waals surface area contributed by atoms with Crippen molar-refractivity contribution in [3.05, 3.63) is 11.1 Å². The molecule has 6 nitrogen and oxygen atoms in total. The van der Waals surface area contributed by atoms with E-state index in [0.717, 1.165) is 52.1 Å². The molecule has 1 saturated heterocycles. The Morgan fingerprint density at radius 3 is 2.21 bits per heavy atom. The topological polar surface area (TPSA) is 87.1 Å². The minimum Gasteiger partial charge on any atom is -0.478 e. The van der Waals surface area contributed by atoms with Gasteiger partial charge in [-0.15, -0.1) is 0 Å². The Morgan fingerprint density at radius 2 is 1.67 bits per heavy atom. The first-order valence-corrected chi connectivity index (χ1v) is 8.94. The van der Waals surface area contributed by atoms with Crippen LogP contribution in [0.1, 0.15) is 52.4 Å². The van der Waals surface area contributed by atoms with Crippen molar-refractivity contribution >= 4 is 11.9 Å². The highest BCUT2D eigenvalue weighted by molar-refractivity contribution is 5.98. The fourth-order valence-electron chi connectivity index (χ4n) is 2.86. The average molecular weight is 341 g/mol. The average Bonchev–Trinajstić information content (AvgIpc) is 2.56. The first kappa shape index (κ1) is 20.6. The number of rotatable bonds is 11. The fourth-order valence-corrected chi connectivity index (χ4v) is 2.86. The summed E-state index contributed by atoms with van der Waals surface area (Å²) >= 11 is 0. The van der Waals surface area contributed by atoms with Gasteiger partial charge in [0.25, 0.3) is 0 Å². The predicted octanol–water partition coefficient (Wildman–Crippen LogP) is 2.78. The van der Waals surface area contributed by atoms with Crippen LogP contribution in [0.4, 0.5) is 0 Å². The maximum Gasteiger partial charge on any atom is 0.332 e. The molecule has 0 bridgehead atoms. The first-order chi connectivity index (χ1) is 11.5. The molecule has 1 atom stereocenters. The Morgan fingerprint density at radius 1 is 1.04 bits per heavy atom. The lowest BCUT2D eigenvalue weighted by atomic mass is 9.92. The maximum atomic E-state index is 11.5. The molecule has 1 aliphatic rings. The van der Waals surface area contributed by atoms with Crippen molar-refractivity contribution in [2.75, 3.05) is 32.8 Å². The number of unbranched alkanes of at least 4 members (excludes halogenated alkanes) is 2. The molecular weight excluding hydrogens is 310 g/mol. The number of aliphatic carboxylic acids is 2. The van der Waals surface area contributed by atoms with Crippen LogP contribution in [0.5, 0.6) is 0 Å². The van der Waals surface area contributed by atoms with E-state index >= 15 is 0 Å². The Hall–Kier alpha value is -1.40. The van der Waals surface area contributed by atoms with E-state index in [2.05, 4.69) is 4.90 Å². The molecule has 1 heterocycles. The van der Waals surface area contributed by atoms with Crippen LogP contribution in [-0.2, 0) is 14.3 Å². The second kappa shape index (κ2) is 11.2. The lowest BCUT2D eigenvalue weighted by Gasteiger charge is -2.26. The third-order valence-corrected chi connectivity index (χ3v) is 4.63. The Labute approximate surface area is 144 Å². The summed E-state index contributed by atoms with van der Waals surface area (Å²) in [5.41, 5.74) is 0.152. The summed E-state index contributed by atoms with van der Waals surface area (Å²) in [6.45, 7) is 8.40. The van der Waals surface area contributed by atoms with Gasteiger partial charge in [-0.2, -0.15) is 0 Å². The van der Waals surface area contributed by atoms with Crippen molar-refractivity contribution in [1.82, 2.24) is 4.90 Å². The van der Waals surface area contributed by atoms with Crippen LogP contribution in [0.15, 0.2) is 11.1 Å². The van der Waals surface area contributed by atoms with Gasteiger partial charge in [0.05, 0.1) is 13.2 Å². The van der Waals surface area contributed by atoms with Gasteiger partial charge in [0.15, 0.2) is 0 Å². The van der Waals surface area contributed by atoms with Crippen LogP contribution < -0.4 is 0 Å². The molecule has 1 unspecified atom stereocenters. The van der Waals surface area contributed by atoms with Gasteiger partial charge in [0.1, 0.15) is 0 Å². The van der Waals surface area contributed by atoms with E-state index in [9.17, 15) is 19.8 Å². The molecule has 0 spiro atoms. The molecular formula is C18H31NO5. The summed E-state index contributed by atoms with van der Waals surface area (Å²) in [5.74, 6) is -2.02. The van der Waals surface area contributed by atoms with E-state index in [1.165, 1.54) is 0 Å². The van der Waals surface area contributed by atoms with Gasteiger partial charge in [0.2, 0.25) is 0 Å². The minimum absolute atomic E-state index is 0.0741. The molecule has 0 aromatic carbocycles. The molecule has 1 aliphatic heterocycles. The molecule has 0 saturated carbocycles. The van der Waals surface area contributed by atoms with E-state index in [1.54, 1.807) is 0 Å². The Bertz CT molecular complexity index is 441. The van der Waals surface area contributed by atoms with E-state index in [1.807, 2.05) is 13.8 Å². The van der Waals surface area contributed by atoms with Gasteiger partial charge < -0.3 is 14.9 Å². The number of hydrogen-bond acceptors (Lipinski definition) is 4. The number of carboxylic acid groups (broad SMARTS) is 2. The van der Waals surface area contributed by atoms with E-state index < -0.39 is 11.9 Å². The van der Waals surface area contributed by atoms with Crippen LogP contribution >= 0.6 is 0 Å². The monoisotopic (exact) mass is 341 g/mol. The van der Waals surface area contributed by atoms with Gasteiger partial charge in [-0.05, 0) is 38.1 Å². The zero-order valence-corrected chi connectivity index (χ0v) is 14.9. The second-order valence-electron chi connectivity index (χ2n) is 6.55. The van der Waals surface area contributed by atoms with Gasteiger partial charge in [-0.1, -0.05) is 26.7 Å². The van der Waals surface area contributed by atoms with Crippen LogP contribution in [0.25, 0.3) is 0 Å². The second-order valence-corrected chi connectivity index (χ2v) is 6.55. The molecule has 2 N–H and O–H groups in total. The van der Waals surface area contributed by atoms with Crippen molar-refractivity contribution < 1.29 is 24.5 Å². The van der Waals surface area contributed by atoms with Crippen molar-refractivity contribution in [2.24, 2.45) is 5.92 Å². The Balaban J connectivity index is 2.49. The number of morpholine rings is 1.